The van der Waals surface area contributed by atoms with E-state index >= 15 is 0 Å². The Morgan fingerprint density at radius 2 is 2.27 bits per heavy atom. The summed E-state index contributed by atoms with van der Waals surface area (Å²) in [7, 11) is 0. The van der Waals surface area contributed by atoms with E-state index in [-0.39, 0.29) is 5.88 Å². The van der Waals surface area contributed by atoms with E-state index < -0.39 is 6.86 Å². The minimum absolute atomic E-state index is 0.197. The lowest BCUT2D eigenvalue weighted by Crippen LogP contribution is -1.95. The average molecular weight is 271 g/mol. The van der Waals surface area contributed by atoms with Gasteiger partial charge in [0.05, 0.1) is 11.7 Å². The summed E-state index contributed by atoms with van der Waals surface area (Å²) < 4.78 is 17.4. The molecule has 0 fully saturated rings. The van der Waals surface area contributed by atoms with Crippen molar-refractivity contribution in [2.75, 3.05) is 6.86 Å². The van der Waals surface area contributed by atoms with Crippen LogP contribution in [0.1, 0.15) is 5.56 Å². The van der Waals surface area contributed by atoms with Gasteiger partial charge in [0.2, 0.25) is 12.7 Å². The molecule has 0 aliphatic carbocycles. The Bertz CT molecular complexity index is 504. The zero-order chi connectivity index (χ0) is 10.8. The van der Waals surface area contributed by atoms with E-state index in [1.165, 1.54) is 6.20 Å². The summed E-state index contributed by atoms with van der Waals surface area (Å²) in [5.41, 5.74) is 2.49. The quantitative estimate of drug-likeness (QED) is 0.842. The predicted molar refractivity (Wildman–Crippen MR) is 58.6 cm³/mol. The van der Waals surface area contributed by atoms with Crippen LogP contribution in [-0.4, -0.2) is 16.8 Å². The van der Waals surface area contributed by atoms with Gasteiger partial charge in [-0.3, -0.25) is 0 Å². The number of hydrogen-bond acceptors (Lipinski definition) is 3. The Kier molecular flexibility index (Phi) is 2.81. The van der Waals surface area contributed by atoms with Crippen molar-refractivity contribution in [3.05, 3.63) is 28.4 Å². The molecule has 0 amide bonds. The molecule has 1 heterocycles. The van der Waals surface area contributed by atoms with Crippen molar-refractivity contribution in [2.24, 2.45) is 0 Å². The number of ether oxygens (including phenoxy) is 1. The molecule has 0 saturated heterocycles. The Morgan fingerprint density at radius 3 is 3.00 bits per heavy atom. The standard InChI is InChI=1S/C10H8BrFN2O/c1-6-2-7(11)10-8(3-6)14-9(4-13-10)15-5-12/h2-4H,5H2,1H3. The van der Waals surface area contributed by atoms with Gasteiger partial charge in [0.15, 0.2) is 0 Å². The van der Waals surface area contributed by atoms with Gasteiger partial charge in [0.25, 0.3) is 0 Å². The average Bonchev–Trinajstić information content (AvgIpc) is 2.17. The van der Waals surface area contributed by atoms with E-state index in [1.54, 1.807) is 0 Å². The Balaban J connectivity index is 2.60. The van der Waals surface area contributed by atoms with Crippen molar-refractivity contribution < 1.29 is 9.13 Å². The van der Waals surface area contributed by atoms with Crippen LogP contribution in [0.3, 0.4) is 0 Å². The summed E-state index contributed by atoms with van der Waals surface area (Å²) in [5, 5.41) is 0. The number of aryl methyl sites for hydroxylation is 1. The van der Waals surface area contributed by atoms with Crippen molar-refractivity contribution in [3.63, 3.8) is 0 Å². The zero-order valence-electron chi connectivity index (χ0n) is 8.00. The summed E-state index contributed by atoms with van der Waals surface area (Å²) in [6.45, 7) is 1.06. The van der Waals surface area contributed by atoms with Crippen LogP contribution in [0.25, 0.3) is 11.0 Å². The molecule has 0 bridgehead atoms. The molecular weight excluding hydrogens is 263 g/mol. The fraction of sp³-hybridized carbons (Fsp3) is 0.200. The molecule has 0 aliphatic rings. The highest BCUT2D eigenvalue weighted by atomic mass is 79.9. The third-order valence-electron chi connectivity index (χ3n) is 1.92. The Morgan fingerprint density at radius 1 is 1.47 bits per heavy atom. The summed E-state index contributed by atoms with van der Waals surface area (Å²) in [4.78, 5) is 8.27. The van der Waals surface area contributed by atoms with Crippen molar-refractivity contribution in [1.29, 1.82) is 0 Å². The topological polar surface area (TPSA) is 35.0 Å². The second-order valence-corrected chi connectivity index (χ2v) is 3.93. The number of rotatable bonds is 2. The molecule has 0 saturated carbocycles. The predicted octanol–water partition coefficient (Wildman–Crippen LogP) is 3.01. The zero-order valence-corrected chi connectivity index (χ0v) is 9.58. The second-order valence-electron chi connectivity index (χ2n) is 3.08. The maximum absolute atomic E-state index is 11.9. The van der Waals surface area contributed by atoms with E-state index in [4.69, 9.17) is 0 Å². The minimum atomic E-state index is -0.896. The van der Waals surface area contributed by atoms with E-state index in [9.17, 15) is 4.39 Å². The van der Waals surface area contributed by atoms with Crippen LogP contribution in [0.4, 0.5) is 4.39 Å². The third-order valence-corrected chi connectivity index (χ3v) is 2.53. The van der Waals surface area contributed by atoms with Crippen LogP contribution in [-0.2, 0) is 0 Å². The van der Waals surface area contributed by atoms with E-state index in [1.807, 2.05) is 19.1 Å². The lowest BCUT2D eigenvalue weighted by atomic mass is 10.2. The normalized spacial score (nSPS) is 10.6. The molecule has 1 aromatic carbocycles. The maximum Gasteiger partial charge on any atom is 0.235 e. The lowest BCUT2D eigenvalue weighted by Gasteiger charge is -2.04. The first-order valence-electron chi connectivity index (χ1n) is 4.32. The lowest BCUT2D eigenvalue weighted by molar-refractivity contribution is 0.184. The van der Waals surface area contributed by atoms with Gasteiger partial charge in [-0.25, -0.2) is 14.4 Å². The van der Waals surface area contributed by atoms with Gasteiger partial charge >= 0.3 is 0 Å². The van der Waals surface area contributed by atoms with Crippen molar-refractivity contribution in [3.8, 4) is 5.88 Å². The monoisotopic (exact) mass is 270 g/mol. The van der Waals surface area contributed by atoms with Crippen LogP contribution >= 0.6 is 15.9 Å². The molecule has 5 heteroatoms. The number of aromatic nitrogens is 2. The summed E-state index contributed by atoms with van der Waals surface area (Å²) in [6.07, 6.45) is 1.40. The van der Waals surface area contributed by atoms with Crippen LogP contribution in [0, 0.1) is 6.92 Å². The van der Waals surface area contributed by atoms with E-state index in [2.05, 4.69) is 30.6 Å². The minimum Gasteiger partial charge on any atom is -0.445 e. The molecule has 78 valence electrons. The van der Waals surface area contributed by atoms with Gasteiger partial charge in [0.1, 0.15) is 5.52 Å². The fourth-order valence-electron chi connectivity index (χ4n) is 1.32. The highest BCUT2D eigenvalue weighted by Crippen LogP contribution is 2.23. The number of nitrogens with zero attached hydrogens (tertiary/aromatic N) is 2. The maximum atomic E-state index is 11.9. The van der Waals surface area contributed by atoms with Gasteiger partial charge in [-0.05, 0) is 40.5 Å². The van der Waals surface area contributed by atoms with E-state index in [0.717, 1.165) is 15.6 Å². The first-order valence-corrected chi connectivity index (χ1v) is 5.11. The number of halogens is 2. The van der Waals surface area contributed by atoms with Crippen molar-refractivity contribution in [2.45, 2.75) is 6.92 Å². The summed E-state index contributed by atoms with van der Waals surface area (Å²) >= 11 is 3.39. The summed E-state index contributed by atoms with van der Waals surface area (Å²) in [6, 6.07) is 3.82. The van der Waals surface area contributed by atoms with Gasteiger partial charge in [-0.2, -0.15) is 0 Å². The molecular formula is C10H8BrFN2O. The van der Waals surface area contributed by atoms with Gasteiger partial charge < -0.3 is 4.74 Å². The van der Waals surface area contributed by atoms with Gasteiger partial charge in [-0.15, -0.1) is 0 Å². The Hall–Kier alpha value is -1.23. The van der Waals surface area contributed by atoms with Crippen LogP contribution in [0.2, 0.25) is 0 Å². The SMILES string of the molecule is Cc1cc(Br)c2ncc(OCF)nc2c1. The van der Waals surface area contributed by atoms with Gasteiger partial charge in [0, 0.05) is 4.47 Å². The molecule has 0 N–H and O–H groups in total. The first-order chi connectivity index (χ1) is 7.20. The molecule has 15 heavy (non-hydrogen) atoms. The van der Waals surface area contributed by atoms with Crippen LogP contribution in [0.5, 0.6) is 5.88 Å². The largest absolute Gasteiger partial charge is 0.445 e. The molecule has 0 radical (unpaired) electrons. The van der Waals surface area contributed by atoms with Crippen molar-refractivity contribution >= 4 is 27.0 Å². The van der Waals surface area contributed by atoms with E-state index in [0.29, 0.717) is 5.52 Å². The summed E-state index contributed by atoms with van der Waals surface area (Å²) in [5.74, 6) is 0.197. The fourth-order valence-corrected chi connectivity index (χ4v) is 1.99. The third kappa shape index (κ3) is 2.07. The number of hydrogen-bond donors (Lipinski definition) is 0. The molecule has 0 unspecified atom stereocenters. The van der Waals surface area contributed by atoms with Gasteiger partial charge in [-0.1, -0.05) is 0 Å². The molecule has 0 aliphatic heterocycles. The first kappa shape index (κ1) is 10.3. The molecule has 0 atom stereocenters. The number of fused-ring (bicyclic) bond motifs is 1. The number of alkyl halides is 1. The molecule has 0 spiro atoms. The number of benzene rings is 1. The highest BCUT2D eigenvalue weighted by Gasteiger charge is 2.04. The molecule has 2 aromatic rings. The van der Waals surface area contributed by atoms with Crippen LogP contribution < -0.4 is 4.74 Å². The molecule has 2 rings (SSSR count). The van der Waals surface area contributed by atoms with Crippen molar-refractivity contribution in [1.82, 2.24) is 9.97 Å². The molecule has 3 nitrogen and oxygen atoms in total. The molecule has 1 aromatic heterocycles. The smallest absolute Gasteiger partial charge is 0.235 e. The van der Waals surface area contributed by atoms with Crippen LogP contribution in [0.15, 0.2) is 22.8 Å². The Labute approximate surface area is 94.4 Å². The highest BCUT2D eigenvalue weighted by molar-refractivity contribution is 9.10. The second kappa shape index (κ2) is 4.10.